The minimum atomic E-state index is -0.911. The number of phenolic OH excluding ortho intramolecular Hbond substituents is 1. The van der Waals surface area contributed by atoms with Crippen molar-refractivity contribution in [1.82, 2.24) is 0 Å². The van der Waals surface area contributed by atoms with Crippen molar-refractivity contribution >= 4 is 5.97 Å². The molecule has 78 valence electrons. The quantitative estimate of drug-likeness (QED) is 0.750. The Morgan fingerprint density at radius 2 is 2.33 bits per heavy atom. The number of phenols is 1. The summed E-state index contributed by atoms with van der Waals surface area (Å²) >= 11 is 0. The zero-order valence-electron chi connectivity index (χ0n) is 7.95. The summed E-state index contributed by atoms with van der Waals surface area (Å²) in [5.74, 6) is -2.24. The molecule has 0 saturated carbocycles. The van der Waals surface area contributed by atoms with Crippen LogP contribution < -0.4 is 0 Å². The van der Waals surface area contributed by atoms with Gasteiger partial charge in [0.25, 0.3) is 0 Å². The third-order valence-electron chi connectivity index (χ3n) is 1.72. The highest BCUT2D eigenvalue weighted by atomic mass is 19.1. The van der Waals surface area contributed by atoms with Crippen LogP contribution in [0.1, 0.15) is 22.8 Å². The van der Waals surface area contributed by atoms with Gasteiger partial charge in [0.1, 0.15) is 28.8 Å². The number of aromatic hydroxyl groups is 1. The second-order valence-electron chi connectivity index (χ2n) is 2.65. The first-order valence-electron chi connectivity index (χ1n) is 4.20. The fourth-order valence-corrected chi connectivity index (χ4v) is 1.09. The van der Waals surface area contributed by atoms with Crippen LogP contribution in [0.25, 0.3) is 0 Å². The Kier molecular flexibility index (Phi) is 3.24. The average molecular weight is 209 g/mol. The van der Waals surface area contributed by atoms with Gasteiger partial charge in [-0.25, -0.2) is 9.18 Å². The van der Waals surface area contributed by atoms with E-state index in [4.69, 9.17) is 5.26 Å². The number of hydrogen-bond donors (Lipinski definition) is 1. The van der Waals surface area contributed by atoms with Crippen molar-refractivity contribution in [2.24, 2.45) is 0 Å². The summed E-state index contributed by atoms with van der Waals surface area (Å²) in [5, 5.41) is 18.0. The van der Waals surface area contributed by atoms with Gasteiger partial charge in [-0.15, -0.1) is 0 Å². The summed E-state index contributed by atoms with van der Waals surface area (Å²) in [5.41, 5.74) is -0.937. The second kappa shape index (κ2) is 4.42. The van der Waals surface area contributed by atoms with Crippen LogP contribution in [0.3, 0.4) is 0 Å². The summed E-state index contributed by atoms with van der Waals surface area (Å²) in [6, 6.07) is 3.42. The number of nitriles is 1. The Morgan fingerprint density at radius 3 is 2.87 bits per heavy atom. The van der Waals surface area contributed by atoms with Crippen molar-refractivity contribution in [3.05, 3.63) is 29.1 Å². The summed E-state index contributed by atoms with van der Waals surface area (Å²) in [6.45, 7) is 1.65. The Morgan fingerprint density at radius 1 is 1.67 bits per heavy atom. The summed E-state index contributed by atoms with van der Waals surface area (Å²) in [4.78, 5) is 11.3. The first-order valence-corrected chi connectivity index (χ1v) is 4.20. The molecule has 0 heterocycles. The van der Waals surface area contributed by atoms with Crippen LogP contribution in [0.5, 0.6) is 5.75 Å². The Hall–Kier alpha value is -2.09. The maximum absolute atomic E-state index is 13.1. The standard InChI is InChI=1S/C10H8FNO3/c1-2-15-10(14)9-6(5-12)7(11)3-4-8(9)13/h3-4,13H,2H2,1H3. The minimum absolute atomic E-state index is 0.0830. The average Bonchev–Trinajstić information content (AvgIpc) is 2.21. The van der Waals surface area contributed by atoms with Crippen LogP contribution in [-0.2, 0) is 4.74 Å². The van der Waals surface area contributed by atoms with Crippen molar-refractivity contribution in [2.75, 3.05) is 6.61 Å². The molecule has 1 aromatic carbocycles. The van der Waals surface area contributed by atoms with E-state index in [0.29, 0.717) is 0 Å². The maximum atomic E-state index is 13.1. The minimum Gasteiger partial charge on any atom is -0.507 e. The van der Waals surface area contributed by atoms with Crippen molar-refractivity contribution in [3.63, 3.8) is 0 Å². The number of hydrogen-bond acceptors (Lipinski definition) is 4. The van der Waals surface area contributed by atoms with Crippen molar-refractivity contribution < 1.29 is 19.0 Å². The fraction of sp³-hybridized carbons (Fsp3) is 0.200. The molecule has 0 aromatic heterocycles. The van der Waals surface area contributed by atoms with E-state index >= 15 is 0 Å². The van der Waals surface area contributed by atoms with E-state index in [9.17, 15) is 14.3 Å². The molecule has 0 aliphatic heterocycles. The van der Waals surface area contributed by atoms with Gasteiger partial charge in [0, 0.05) is 0 Å². The van der Waals surface area contributed by atoms with E-state index in [1.54, 1.807) is 6.92 Å². The predicted octanol–water partition coefficient (Wildman–Crippen LogP) is 1.58. The summed E-state index contributed by atoms with van der Waals surface area (Å²) in [6.07, 6.45) is 0. The highest BCUT2D eigenvalue weighted by Gasteiger charge is 2.20. The topological polar surface area (TPSA) is 70.3 Å². The molecule has 0 aliphatic carbocycles. The van der Waals surface area contributed by atoms with E-state index in [1.807, 2.05) is 0 Å². The molecular weight excluding hydrogens is 201 g/mol. The molecular formula is C10H8FNO3. The third kappa shape index (κ3) is 2.05. The molecule has 0 radical (unpaired) electrons. The largest absolute Gasteiger partial charge is 0.507 e. The second-order valence-corrected chi connectivity index (χ2v) is 2.65. The fourth-order valence-electron chi connectivity index (χ4n) is 1.09. The molecule has 0 spiro atoms. The smallest absolute Gasteiger partial charge is 0.343 e. The molecule has 0 amide bonds. The molecule has 15 heavy (non-hydrogen) atoms. The lowest BCUT2D eigenvalue weighted by Gasteiger charge is -2.06. The maximum Gasteiger partial charge on any atom is 0.343 e. The van der Waals surface area contributed by atoms with Gasteiger partial charge >= 0.3 is 5.97 Å². The van der Waals surface area contributed by atoms with Crippen LogP contribution in [0, 0.1) is 17.1 Å². The van der Waals surface area contributed by atoms with Crippen LogP contribution in [0.4, 0.5) is 4.39 Å². The van der Waals surface area contributed by atoms with E-state index in [-0.39, 0.29) is 6.61 Å². The number of rotatable bonds is 2. The van der Waals surface area contributed by atoms with E-state index in [2.05, 4.69) is 4.74 Å². The predicted molar refractivity (Wildman–Crippen MR) is 48.7 cm³/mol. The van der Waals surface area contributed by atoms with Crippen LogP contribution in [-0.4, -0.2) is 17.7 Å². The number of halogens is 1. The first-order chi connectivity index (χ1) is 7.11. The van der Waals surface area contributed by atoms with Crippen molar-refractivity contribution in [2.45, 2.75) is 6.92 Å². The van der Waals surface area contributed by atoms with Crippen LogP contribution in [0.15, 0.2) is 12.1 Å². The van der Waals surface area contributed by atoms with E-state index in [0.717, 1.165) is 12.1 Å². The van der Waals surface area contributed by atoms with Gasteiger partial charge in [-0.1, -0.05) is 0 Å². The van der Waals surface area contributed by atoms with Gasteiger partial charge in [-0.05, 0) is 19.1 Å². The van der Waals surface area contributed by atoms with Crippen molar-refractivity contribution in [1.29, 1.82) is 5.26 Å². The molecule has 1 aromatic rings. The number of carbonyl (C=O) groups excluding carboxylic acids is 1. The molecule has 0 saturated heterocycles. The van der Waals surface area contributed by atoms with Gasteiger partial charge in [0.15, 0.2) is 0 Å². The molecule has 4 nitrogen and oxygen atoms in total. The van der Waals surface area contributed by atoms with E-state index in [1.165, 1.54) is 6.07 Å². The van der Waals surface area contributed by atoms with E-state index < -0.39 is 28.7 Å². The highest BCUT2D eigenvalue weighted by Crippen LogP contribution is 2.23. The summed E-state index contributed by atoms with van der Waals surface area (Å²) in [7, 11) is 0. The number of benzene rings is 1. The zero-order valence-corrected chi connectivity index (χ0v) is 7.95. The molecule has 0 unspecified atom stereocenters. The first kappa shape index (κ1) is 11.0. The molecule has 0 fully saturated rings. The highest BCUT2D eigenvalue weighted by molar-refractivity contribution is 5.95. The normalized spacial score (nSPS) is 9.40. The molecule has 0 atom stereocenters. The monoisotopic (exact) mass is 209 g/mol. The Balaban J connectivity index is 3.33. The lowest BCUT2D eigenvalue weighted by molar-refractivity contribution is 0.0522. The lowest BCUT2D eigenvalue weighted by atomic mass is 10.1. The van der Waals surface area contributed by atoms with Crippen molar-refractivity contribution in [3.8, 4) is 11.8 Å². The molecule has 0 aliphatic rings. The van der Waals surface area contributed by atoms with Gasteiger partial charge in [0.2, 0.25) is 0 Å². The number of esters is 1. The van der Waals surface area contributed by atoms with Gasteiger partial charge in [0.05, 0.1) is 6.61 Å². The lowest BCUT2D eigenvalue weighted by Crippen LogP contribution is -2.08. The Bertz CT molecular complexity index is 437. The van der Waals surface area contributed by atoms with Crippen LogP contribution in [0.2, 0.25) is 0 Å². The van der Waals surface area contributed by atoms with Gasteiger partial charge in [-0.3, -0.25) is 0 Å². The number of ether oxygens (including phenoxy) is 1. The number of nitrogens with zero attached hydrogens (tertiary/aromatic N) is 1. The zero-order chi connectivity index (χ0) is 11.4. The summed E-state index contributed by atoms with van der Waals surface area (Å²) < 4.78 is 17.7. The molecule has 1 rings (SSSR count). The van der Waals surface area contributed by atoms with Gasteiger partial charge in [-0.2, -0.15) is 5.26 Å². The SMILES string of the molecule is CCOC(=O)c1c(O)ccc(F)c1C#N. The van der Waals surface area contributed by atoms with Crippen LogP contribution >= 0.6 is 0 Å². The molecule has 1 N–H and O–H groups in total. The number of carbonyl (C=O) groups is 1. The molecule has 0 bridgehead atoms. The Labute approximate surface area is 85.5 Å². The van der Waals surface area contributed by atoms with Gasteiger partial charge < -0.3 is 9.84 Å². The molecule has 5 heteroatoms. The third-order valence-corrected chi connectivity index (χ3v) is 1.72.